The number of benzene rings is 2. The molecule has 1 amide bonds. The molecule has 2 aromatic rings. The third-order valence-electron chi connectivity index (χ3n) is 11.8. The van der Waals surface area contributed by atoms with Crippen LogP contribution in [0.25, 0.3) is 0 Å². The number of amides is 1. The summed E-state index contributed by atoms with van der Waals surface area (Å²) in [4.78, 5) is 32.6. The van der Waals surface area contributed by atoms with E-state index in [0.29, 0.717) is 63.9 Å². The van der Waals surface area contributed by atoms with Crippen molar-refractivity contribution >= 4 is 17.6 Å². The standard InChI is InChI=1S/C38H50F3N3O6/c1-48-23-26-19-44(21-33(26)31-13-6-27(38(39,40)41)18-35(31)42-16-14-25(15-17-42)37(46)47)36(45)34-22-43(28-7-11-30(50-3)12-8-28)20-32(34)24-4-9-29(49-2)10-5-24/h4-6,9-10,13,18,25-26,28,30,32-34H,7-8,11-12,14-17,19-23H2,1-3H3,(H,46,47)/t26-,28-,30+,32+,33+,34-/m1/s1. The minimum atomic E-state index is -4.52. The van der Waals surface area contributed by atoms with Crippen LogP contribution in [0.15, 0.2) is 42.5 Å². The Morgan fingerprint density at radius 2 is 1.56 bits per heavy atom. The van der Waals surface area contributed by atoms with Crippen LogP contribution in [-0.2, 0) is 25.2 Å². The fraction of sp³-hybridized carbons (Fsp3) is 0.632. The molecule has 3 aliphatic heterocycles. The maximum absolute atomic E-state index is 14.7. The zero-order valence-corrected chi connectivity index (χ0v) is 29.2. The monoisotopic (exact) mass is 701 g/mol. The first-order valence-electron chi connectivity index (χ1n) is 17.9. The first-order chi connectivity index (χ1) is 24.0. The normalized spacial score (nSPS) is 28.3. The number of rotatable bonds is 10. The molecule has 2 aromatic carbocycles. The van der Waals surface area contributed by atoms with Gasteiger partial charge >= 0.3 is 12.1 Å². The lowest BCUT2D eigenvalue weighted by Gasteiger charge is -2.35. The number of hydrogen-bond donors (Lipinski definition) is 1. The molecule has 6 rings (SSSR count). The number of anilines is 1. The molecule has 0 spiro atoms. The van der Waals surface area contributed by atoms with E-state index in [-0.39, 0.29) is 35.7 Å². The van der Waals surface area contributed by atoms with E-state index >= 15 is 0 Å². The van der Waals surface area contributed by atoms with E-state index in [4.69, 9.17) is 14.2 Å². The van der Waals surface area contributed by atoms with Crippen molar-refractivity contribution in [3.63, 3.8) is 0 Å². The van der Waals surface area contributed by atoms with Gasteiger partial charge in [-0.1, -0.05) is 18.2 Å². The molecule has 4 aliphatic rings. The van der Waals surface area contributed by atoms with Crippen molar-refractivity contribution in [3.8, 4) is 5.75 Å². The molecule has 1 aliphatic carbocycles. The average molecular weight is 702 g/mol. The Morgan fingerprint density at radius 1 is 0.860 bits per heavy atom. The van der Waals surface area contributed by atoms with Crippen LogP contribution >= 0.6 is 0 Å². The molecule has 50 heavy (non-hydrogen) atoms. The number of aliphatic carboxylic acids is 1. The molecule has 3 saturated heterocycles. The molecule has 3 heterocycles. The average Bonchev–Trinajstić information content (AvgIpc) is 3.76. The van der Waals surface area contributed by atoms with Gasteiger partial charge in [0.2, 0.25) is 5.91 Å². The number of halogens is 3. The fourth-order valence-electron chi connectivity index (χ4n) is 8.91. The van der Waals surface area contributed by atoms with E-state index in [1.807, 2.05) is 21.9 Å². The molecule has 9 nitrogen and oxygen atoms in total. The zero-order valence-electron chi connectivity index (χ0n) is 29.2. The molecule has 4 atom stereocenters. The summed E-state index contributed by atoms with van der Waals surface area (Å²) in [7, 11) is 5.01. The van der Waals surface area contributed by atoms with Gasteiger partial charge in [0.05, 0.1) is 37.2 Å². The van der Waals surface area contributed by atoms with Gasteiger partial charge in [-0.05, 0) is 73.9 Å². The Kier molecular flexibility index (Phi) is 11.3. The highest BCUT2D eigenvalue weighted by molar-refractivity contribution is 5.81. The second-order valence-corrected chi connectivity index (χ2v) is 14.5. The van der Waals surface area contributed by atoms with E-state index in [2.05, 4.69) is 17.0 Å². The van der Waals surface area contributed by atoms with E-state index in [9.17, 15) is 27.9 Å². The van der Waals surface area contributed by atoms with E-state index in [1.54, 1.807) is 27.4 Å². The van der Waals surface area contributed by atoms with Gasteiger partial charge in [-0.3, -0.25) is 14.5 Å². The molecule has 274 valence electrons. The fourth-order valence-corrected chi connectivity index (χ4v) is 8.91. The number of nitrogens with zero attached hydrogens (tertiary/aromatic N) is 3. The van der Waals surface area contributed by atoms with E-state index in [0.717, 1.165) is 55.2 Å². The number of carboxylic acids is 1. The van der Waals surface area contributed by atoms with Crippen LogP contribution in [0, 0.1) is 17.8 Å². The molecule has 1 N–H and O–H groups in total. The number of carbonyl (C=O) groups is 2. The predicted molar refractivity (Wildman–Crippen MR) is 183 cm³/mol. The van der Waals surface area contributed by atoms with Crippen molar-refractivity contribution < 1.29 is 42.1 Å². The van der Waals surface area contributed by atoms with Crippen molar-refractivity contribution in [1.82, 2.24) is 9.80 Å². The van der Waals surface area contributed by atoms with Crippen LogP contribution in [0.4, 0.5) is 18.9 Å². The number of ether oxygens (including phenoxy) is 3. The summed E-state index contributed by atoms with van der Waals surface area (Å²) >= 11 is 0. The Labute approximate surface area is 292 Å². The van der Waals surface area contributed by atoms with Crippen molar-refractivity contribution in [2.75, 3.05) is 72.1 Å². The van der Waals surface area contributed by atoms with Crippen LogP contribution in [-0.4, -0.2) is 106 Å². The van der Waals surface area contributed by atoms with Gasteiger partial charge in [0.1, 0.15) is 5.75 Å². The van der Waals surface area contributed by atoms with Crippen molar-refractivity contribution in [1.29, 1.82) is 0 Å². The summed E-state index contributed by atoms with van der Waals surface area (Å²) in [5.41, 5.74) is 1.58. The topological polar surface area (TPSA) is 91.8 Å². The van der Waals surface area contributed by atoms with Gasteiger partial charge in [-0.15, -0.1) is 0 Å². The Balaban J connectivity index is 1.27. The molecule has 4 fully saturated rings. The van der Waals surface area contributed by atoms with Crippen LogP contribution in [0.1, 0.15) is 67.1 Å². The number of piperidine rings is 1. The van der Waals surface area contributed by atoms with Gasteiger partial charge in [0, 0.05) is 83.0 Å². The smallest absolute Gasteiger partial charge is 0.416 e. The second-order valence-electron chi connectivity index (χ2n) is 14.5. The Bertz CT molecular complexity index is 1470. The number of alkyl halides is 3. The number of methoxy groups -OCH3 is 3. The Morgan fingerprint density at radius 3 is 2.16 bits per heavy atom. The van der Waals surface area contributed by atoms with Crippen LogP contribution in [0.3, 0.4) is 0 Å². The maximum atomic E-state index is 14.7. The SMILES string of the molecule is COC[C@H]1CN(C(=O)[C@@H]2CN([C@H]3CC[C@@H](OC)CC3)C[C@H]2c2ccc(OC)cc2)C[C@@H]1c1ccc(C(F)(F)F)cc1N1CCC(C(=O)O)CC1. The van der Waals surface area contributed by atoms with E-state index < -0.39 is 23.6 Å². The van der Waals surface area contributed by atoms with Crippen LogP contribution < -0.4 is 9.64 Å². The molecular weight excluding hydrogens is 651 g/mol. The summed E-state index contributed by atoms with van der Waals surface area (Å²) in [6.07, 6.45) is 0.525. The largest absolute Gasteiger partial charge is 0.497 e. The number of hydrogen-bond acceptors (Lipinski definition) is 7. The number of likely N-dealkylation sites (tertiary alicyclic amines) is 2. The van der Waals surface area contributed by atoms with Gasteiger partial charge in [-0.25, -0.2) is 0 Å². The molecule has 0 aromatic heterocycles. The van der Waals surface area contributed by atoms with Crippen LogP contribution in [0.5, 0.6) is 5.75 Å². The first-order valence-corrected chi connectivity index (χ1v) is 17.9. The summed E-state index contributed by atoms with van der Waals surface area (Å²) in [5, 5.41) is 9.53. The lowest BCUT2D eigenvalue weighted by molar-refractivity contribution is -0.142. The first kappa shape index (κ1) is 36.4. The molecule has 1 saturated carbocycles. The summed E-state index contributed by atoms with van der Waals surface area (Å²) in [6.45, 7) is 3.31. The highest BCUT2D eigenvalue weighted by Gasteiger charge is 2.47. The molecule has 0 radical (unpaired) electrons. The predicted octanol–water partition coefficient (Wildman–Crippen LogP) is 5.88. The number of carboxylic acid groups (broad SMARTS) is 1. The minimum Gasteiger partial charge on any atom is -0.497 e. The molecular formula is C38H50F3N3O6. The lowest BCUT2D eigenvalue weighted by Crippen LogP contribution is -2.40. The summed E-state index contributed by atoms with van der Waals surface area (Å²) < 4.78 is 58.6. The van der Waals surface area contributed by atoms with Crippen LogP contribution in [0.2, 0.25) is 0 Å². The molecule has 0 unspecified atom stereocenters. The van der Waals surface area contributed by atoms with E-state index in [1.165, 1.54) is 6.07 Å². The quantitative estimate of drug-likeness (QED) is 0.329. The lowest BCUT2D eigenvalue weighted by atomic mass is 9.86. The summed E-state index contributed by atoms with van der Waals surface area (Å²) in [6, 6.07) is 12.3. The maximum Gasteiger partial charge on any atom is 0.416 e. The van der Waals surface area contributed by atoms with Crippen molar-refractivity contribution in [2.45, 2.75) is 68.7 Å². The third kappa shape index (κ3) is 7.77. The summed E-state index contributed by atoms with van der Waals surface area (Å²) in [5.74, 6) is -1.20. The molecule has 12 heteroatoms. The third-order valence-corrected chi connectivity index (χ3v) is 11.8. The van der Waals surface area contributed by atoms with Gasteiger partial charge in [-0.2, -0.15) is 13.2 Å². The van der Waals surface area contributed by atoms with Crippen molar-refractivity contribution in [3.05, 3.63) is 59.2 Å². The Hall–Kier alpha value is -3.35. The molecule has 0 bridgehead atoms. The van der Waals surface area contributed by atoms with Gasteiger partial charge in [0.25, 0.3) is 0 Å². The second kappa shape index (κ2) is 15.5. The van der Waals surface area contributed by atoms with Gasteiger partial charge in [0.15, 0.2) is 0 Å². The highest BCUT2D eigenvalue weighted by atomic mass is 19.4. The van der Waals surface area contributed by atoms with Crippen molar-refractivity contribution in [2.24, 2.45) is 17.8 Å². The van der Waals surface area contributed by atoms with Gasteiger partial charge < -0.3 is 29.1 Å². The zero-order chi connectivity index (χ0) is 35.6. The number of carbonyl (C=O) groups excluding carboxylic acids is 1. The highest BCUT2D eigenvalue weighted by Crippen LogP contribution is 2.44. The minimum absolute atomic E-state index is 0.00867.